The third-order valence-corrected chi connectivity index (χ3v) is 3.18. The fraction of sp³-hybridized carbons (Fsp3) is 0.923. The van der Waals surface area contributed by atoms with E-state index >= 15 is 0 Å². The van der Waals surface area contributed by atoms with Crippen molar-refractivity contribution in [2.24, 2.45) is 0 Å². The Hall–Kier alpha value is -0.630. The van der Waals surface area contributed by atoms with E-state index < -0.39 is 0 Å². The number of hydrogen-bond acceptors (Lipinski definition) is 4. The lowest BCUT2D eigenvalue weighted by molar-refractivity contribution is 0.246. The van der Waals surface area contributed by atoms with Crippen LogP contribution in [0.1, 0.15) is 26.7 Å². The minimum Gasteiger partial charge on any atom is -0.302 e. The molecule has 0 bridgehead atoms. The molecule has 1 atom stereocenters. The van der Waals surface area contributed by atoms with Gasteiger partial charge in [0.05, 0.1) is 6.07 Å². The Morgan fingerprint density at radius 2 is 2.00 bits per heavy atom. The van der Waals surface area contributed by atoms with E-state index in [0.717, 1.165) is 19.6 Å². The van der Waals surface area contributed by atoms with Crippen LogP contribution >= 0.6 is 0 Å². The van der Waals surface area contributed by atoms with Crippen LogP contribution in [0.4, 0.5) is 0 Å². The molecule has 0 radical (unpaired) electrons. The highest BCUT2D eigenvalue weighted by atomic mass is 15.2. The SMILES string of the molecule is CC(C)NC(C#N)CN(C)CCN1CCCC1. The number of nitrogens with zero attached hydrogens (tertiary/aromatic N) is 3. The lowest BCUT2D eigenvalue weighted by Gasteiger charge is -2.24. The topological polar surface area (TPSA) is 42.3 Å². The zero-order valence-electron chi connectivity index (χ0n) is 11.4. The minimum atomic E-state index is -0.0569. The molecular weight excluding hydrogens is 212 g/mol. The summed E-state index contributed by atoms with van der Waals surface area (Å²) in [5.74, 6) is 0. The normalized spacial score (nSPS) is 18.8. The maximum absolute atomic E-state index is 9.05. The van der Waals surface area contributed by atoms with E-state index in [1.807, 2.05) is 0 Å². The Labute approximate surface area is 106 Å². The molecule has 1 heterocycles. The molecule has 1 rings (SSSR count). The highest BCUT2D eigenvalue weighted by Crippen LogP contribution is 2.06. The standard InChI is InChI=1S/C13H26N4/c1-12(2)15-13(10-14)11-16(3)8-9-17-6-4-5-7-17/h12-13,15H,4-9,11H2,1-3H3. The summed E-state index contributed by atoms with van der Waals surface area (Å²) >= 11 is 0. The minimum absolute atomic E-state index is 0.0569. The molecule has 0 saturated carbocycles. The number of hydrogen-bond donors (Lipinski definition) is 1. The van der Waals surface area contributed by atoms with E-state index in [9.17, 15) is 0 Å². The van der Waals surface area contributed by atoms with Crippen LogP contribution in [0, 0.1) is 11.3 Å². The molecule has 1 saturated heterocycles. The molecule has 0 amide bonds. The average Bonchev–Trinajstić information content (AvgIpc) is 2.77. The zero-order valence-corrected chi connectivity index (χ0v) is 11.4. The fourth-order valence-electron chi connectivity index (χ4n) is 2.25. The maximum Gasteiger partial charge on any atom is 0.108 e. The van der Waals surface area contributed by atoms with Gasteiger partial charge in [0.1, 0.15) is 6.04 Å². The van der Waals surface area contributed by atoms with Crippen molar-refractivity contribution in [3.05, 3.63) is 0 Å². The van der Waals surface area contributed by atoms with Gasteiger partial charge in [-0.2, -0.15) is 5.26 Å². The van der Waals surface area contributed by atoms with Crippen molar-refractivity contribution in [3.8, 4) is 6.07 Å². The predicted molar refractivity (Wildman–Crippen MR) is 70.8 cm³/mol. The first-order valence-corrected chi connectivity index (χ1v) is 6.68. The van der Waals surface area contributed by atoms with Crippen LogP contribution in [-0.2, 0) is 0 Å². The van der Waals surface area contributed by atoms with Gasteiger partial charge in [0.2, 0.25) is 0 Å². The molecule has 1 aliphatic rings. The molecule has 1 fully saturated rings. The molecule has 17 heavy (non-hydrogen) atoms. The highest BCUT2D eigenvalue weighted by molar-refractivity contribution is 4.92. The van der Waals surface area contributed by atoms with E-state index in [4.69, 9.17) is 5.26 Å². The van der Waals surface area contributed by atoms with Gasteiger partial charge in [0.15, 0.2) is 0 Å². The van der Waals surface area contributed by atoms with Crippen molar-refractivity contribution in [2.75, 3.05) is 39.8 Å². The van der Waals surface area contributed by atoms with E-state index in [0.29, 0.717) is 6.04 Å². The van der Waals surface area contributed by atoms with E-state index in [-0.39, 0.29) is 6.04 Å². The Bertz CT molecular complexity index is 240. The number of nitriles is 1. The predicted octanol–water partition coefficient (Wildman–Crippen LogP) is 0.904. The smallest absolute Gasteiger partial charge is 0.108 e. The van der Waals surface area contributed by atoms with E-state index in [2.05, 4.69) is 42.1 Å². The summed E-state index contributed by atoms with van der Waals surface area (Å²) in [4.78, 5) is 4.76. The van der Waals surface area contributed by atoms with Crippen LogP contribution in [0.15, 0.2) is 0 Å². The van der Waals surface area contributed by atoms with Crippen molar-refractivity contribution in [2.45, 2.75) is 38.8 Å². The number of likely N-dealkylation sites (tertiary alicyclic amines) is 1. The first-order chi connectivity index (χ1) is 8.11. The van der Waals surface area contributed by atoms with Gasteiger partial charge in [-0.15, -0.1) is 0 Å². The zero-order chi connectivity index (χ0) is 12.7. The van der Waals surface area contributed by atoms with Crippen LogP contribution in [0.25, 0.3) is 0 Å². The molecule has 98 valence electrons. The van der Waals surface area contributed by atoms with Crippen molar-refractivity contribution >= 4 is 0 Å². The summed E-state index contributed by atoms with van der Waals surface area (Å²) in [7, 11) is 2.10. The van der Waals surface area contributed by atoms with Crippen LogP contribution in [0.2, 0.25) is 0 Å². The summed E-state index contributed by atoms with van der Waals surface area (Å²) in [6, 6.07) is 2.64. The van der Waals surface area contributed by atoms with Crippen molar-refractivity contribution in [1.82, 2.24) is 15.1 Å². The first-order valence-electron chi connectivity index (χ1n) is 6.68. The molecule has 4 heteroatoms. The highest BCUT2D eigenvalue weighted by Gasteiger charge is 2.14. The lowest BCUT2D eigenvalue weighted by Crippen LogP contribution is -2.43. The summed E-state index contributed by atoms with van der Waals surface area (Å²) in [5, 5.41) is 12.3. The van der Waals surface area contributed by atoms with Gasteiger partial charge in [-0.1, -0.05) is 0 Å². The first kappa shape index (κ1) is 14.4. The molecule has 0 aromatic carbocycles. The second-order valence-corrected chi connectivity index (χ2v) is 5.31. The number of rotatable bonds is 7. The van der Waals surface area contributed by atoms with Gasteiger partial charge >= 0.3 is 0 Å². The van der Waals surface area contributed by atoms with Gasteiger partial charge in [-0.3, -0.25) is 5.32 Å². The number of likely N-dealkylation sites (N-methyl/N-ethyl adjacent to an activating group) is 1. The lowest BCUT2D eigenvalue weighted by atomic mass is 10.2. The Morgan fingerprint density at radius 1 is 1.35 bits per heavy atom. The molecular formula is C13H26N4. The van der Waals surface area contributed by atoms with Gasteiger partial charge in [0.25, 0.3) is 0 Å². The quantitative estimate of drug-likeness (QED) is 0.716. The average molecular weight is 238 g/mol. The molecule has 1 aliphatic heterocycles. The van der Waals surface area contributed by atoms with Gasteiger partial charge in [-0.25, -0.2) is 0 Å². The third-order valence-electron chi connectivity index (χ3n) is 3.18. The van der Waals surface area contributed by atoms with Gasteiger partial charge in [0, 0.05) is 25.7 Å². The molecule has 0 spiro atoms. The van der Waals surface area contributed by atoms with Crippen molar-refractivity contribution in [3.63, 3.8) is 0 Å². The summed E-state index contributed by atoms with van der Waals surface area (Å²) in [6.45, 7) is 9.65. The molecule has 0 aromatic heterocycles. The van der Waals surface area contributed by atoms with Crippen LogP contribution in [-0.4, -0.2) is 61.7 Å². The second-order valence-electron chi connectivity index (χ2n) is 5.31. The molecule has 1 unspecified atom stereocenters. The molecule has 0 aromatic rings. The second kappa shape index (κ2) is 7.65. The maximum atomic E-state index is 9.05. The monoisotopic (exact) mass is 238 g/mol. The Morgan fingerprint density at radius 3 is 2.53 bits per heavy atom. The van der Waals surface area contributed by atoms with Crippen LogP contribution in [0.3, 0.4) is 0 Å². The van der Waals surface area contributed by atoms with Gasteiger partial charge in [-0.05, 0) is 46.8 Å². The van der Waals surface area contributed by atoms with Crippen molar-refractivity contribution in [1.29, 1.82) is 5.26 Å². The fourth-order valence-corrected chi connectivity index (χ4v) is 2.25. The van der Waals surface area contributed by atoms with Crippen molar-refractivity contribution < 1.29 is 0 Å². The Kier molecular flexibility index (Phi) is 6.49. The van der Waals surface area contributed by atoms with Crippen LogP contribution in [0.5, 0.6) is 0 Å². The summed E-state index contributed by atoms with van der Waals surface area (Å²) in [5.41, 5.74) is 0. The molecule has 1 N–H and O–H groups in total. The van der Waals surface area contributed by atoms with E-state index in [1.165, 1.54) is 25.9 Å². The third kappa shape index (κ3) is 6.02. The van der Waals surface area contributed by atoms with E-state index in [1.54, 1.807) is 0 Å². The van der Waals surface area contributed by atoms with Gasteiger partial charge < -0.3 is 9.80 Å². The Balaban J connectivity index is 2.17. The summed E-state index contributed by atoms with van der Waals surface area (Å²) < 4.78 is 0. The number of nitrogens with one attached hydrogen (secondary N) is 1. The largest absolute Gasteiger partial charge is 0.302 e. The molecule has 0 aliphatic carbocycles. The molecule has 4 nitrogen and oxygen atoms in total. The summed E-state index contributed by atoms with van der Waals surface area (Å²) in [6.07, 6.45) is 2.69. The van der Waals surface area contributed by atoms with Crippen LogP contribution < -0.4 is 5.32 Å².